The molecule has 1 unspecified atom stereocenters. The van der Waals surface area contributed by atoms with Crippen molar-refractivity contribution in [3.05, 3.63) is 18.4 Å². The van der Waals surface area contributed by atoms with E-state index < -0.39 is 0 Å². The lowest BCUT2D eigenvalue weighted by molar-refractivity contribution is 0.164. The van der Waals surface area contributed by atoms with Crippen molar-refractivity contribution in [3.63, 3.8) is 0 Å². The van der Waals surface area contributed by atoms with Crippen LogP contribution in [0.1, 0.15) is 43.9 Å². The van der Waals surface area contributed by atoms with E-state index in [1.54, 1.807) is 12.5 Å². The Hall–Kier alpha value is -0.540. The van der Waals surface area contributed by atoms with Crippen molar-refractivity contribution in [2.45, 2.75) is 38.0 Å². The maximum absolute atomic E-state index is 5.51. The first kappa shape index (κ1) is 11.9. The summed E-state index contributed by atoms with van der Waals surface area (Å²) in [6, 6.07) is 0. The molecule has 1 spiro atoms. The highest BCUT2D eigenvalue weighted by atomic mass is 35.5. The number of hydrogen-bond acceptors (Lipinski definition) is 3. The van der Waals surface area contributed by atoms with Crippen LogP contribution in [0.3, 0.4) is 0 Å². The molecule has 0 aromatic carbocycles. The zero-order valence-corrected chi connectivity index (χ0v) is 10.3. The van der Waals surface area contributed by atoms with Gasteiger partial charge in [0.2, 0.25) is 0 Å². The summed E-state index contributed by atoms with van der Waals surface area (Å²) in [5.74, 6) is 1.56. The molecule has 3 nitrogen and oxygen atoms in total. The average Bonchev–Trinajstić information content (AvgIpc) is 2.88. The standard InChI is InChI=1S/C12H18N2O.ClH/c1-2-10(11-14-8-9-15-11)12(3-1)4-6-13-7-5-12;/h8-10,13H,1-7H2;1H. The number of halogens is 1. The summed E-state index contributed by atoms with van der Waals surface area (Å²) in [5, 5.41) is 3.45. The van der Waals surface area contributed by atoms with E-state index in [4.69, 9.17) is 4.42 Å². The van der Waals surface area contributed by atoms with E-state index in [1.807, 2.05) is 0 Å². The van der Waals surface area contributed by atoms with Gasteiger partial charge < -0.3 is 9.73 Å². The van der Waals surface area contributed by atoms with Crippen molar-refractivity contribution >= 4 is 12.4 Å². The van der Waals surface area contributed by atoms with Crippen LogP contribution in [0.4, 0.5) is 0 Å². The summed E-state index contributed by atoms with van der Waals surface area (Å²) in [5.41, 5.74) is 0.496. The van der Waals surface area contributed by atoms with Gasteiger partial charge in [-0.25, -0.2) is 4.98 Å². The largest absolute Gasteiger partial charge is 0.449 e. The number of piperidine rings is 1. The average molecular weight is 243 g/mol. The zero-order chi connectivity index (χ0) is 10.1. The molecule has 1 aliphatic carbocycles. The van der Waals surface area contributed by atoms with Crippen molar-refractivity contribution in [1.82, 2.24) is 10.3 Å². The van der Waals surface area contributed by atoms with Gasteiger partial charge in [0, 0.05) is 5.92 Å². The molecule has 1 saturated heterocycles. The minimum absolute atomic E-state index is 0. The summed E-state index contributed by atoms with van der Waals surface area (Å²) in [4.78, 5) is 4.36. The molecular weight excluding hydrogens is 224 g/mol. The lowest BCUT2D eigenvalue weighted by Gasteiger charge is -2.38. The Labute approximate surface area is 102 Å². The fourth-order valence-corrected chi connectivity index (χ4v) is 3.45. The van der Waals surface area contributed by atoms with Gasteiger partial charge in [-0.05, 0) is 44.2 Å². The predicted molar refractivity (Wildman–Crippen MR) is 64.9 cm³/mol. The molecule has 2 heterocycles. The van der Waals surface area contributed by atoms with E-state index >= 15 is 0 Å². The van der Waals surface area contributed by atoms with Crippen LogP contribution in [-0.4, -0.2) is 18.1 Å². The highest BCUT2D eigenvalue weighted by Gasteiger charge is 2.45. The number of aromatic nitrogens is 1. The summed E-state index contributed by atoms with van der Waals surface area (Å²) in [6.45, 7) is 2.33. The first-order chi connectivity index (χ1) is 7.41. The topological polar surface area (TPSA) is 38.1 Å². The molecule has 2 fully saturated rings. The lowest BCUT2D eigenvalue weighted by Crippen LogP contribution is -2.38. The van der Waals surface area contributed by atoms with Gasteiger partial charge in [-0.2, -0.15) is 0 Å². The van der Waals surface area contributed by atoms with Gasteiger partial charge in [-0.1, -0.05) is 6.42 Å². The van der Waals surface area contributed by atoms with Crippen molar-refractivity contribution < 1.29 is 4.42 Å². The highest BCUT2D eigenvalue weighted by molar-refractivity contribution is 5.85. The SMILES string of the molecule is Cl.c1coc(C2CCCC23CCNCC3)n1. The molecule has 3 rings (SSSR count). The molecule has 16 heavy (non-hydrogen) atoms. The van der Waals surface area contributed by atoms with Crippen molar-refractivity contribution in [3.8, 4) is 0 Å². The maximum Gasteiger partial charge on any atom is 0.197 e. The smallest absolute Gasteiger partial charge is 0.197 e. The van der Waals surface area contributed by atoms with E-state index in [2.05, 4.69) is 10.3 Å². The number of nitrogens with zero attached hydrogens (tertiary/aromatic N) is 1. The lowest BCUT2D eigenvalue weighted by atomic mass is 9.71. The van der Waals surface area contributed by atoms with Crippen LogP contribution in [0.2, 0.25) is 0 Å². The van der Waals surface area contributed by atoms with Crippen LogP contribution in [0.15, 0.2) is 16.9 Å². The molecule has 1 saturated carbocycles. The van der Waals surface area contributed by atoms with E-state index in [0.29, 0.717) is 11.3 Å². The molecule has 4 heteroatoms. The quantitative estimate of drug-likeness (QED) is 0.823. The van der Waals surface area contributed by atoms with Crippen LogP contribution in [-0.2, 0) is 0 Å². The Bertz CT molecular complexity index is 320. The molecule has 0 radical (unpaired) electrons. The fraction of sp³-hybridized carbons (Fsp3) is 0.750. The Morgan fingerprint density at radius 3 is 2.81 bits per heavy atom. The monoisotopic (exact) mass is 242 g/mol. The molecular formula is C12H19ClN2O. The molecule has 1 aliphatic heterocycles. The van der Waals surface area contributed by atoms with E-state index in [9.17, 15) is 0 Å². The van der Waals surface area contributed by atoms with Crippen LogP contribution in [0, 0.1) is 5.41 Å². The molecule has 1 N–H and O–H groups in total. The van der Waals surface area contributed by atoms with Gasteiger partial charge in [-0.15, -0.1) is 12.4 Å². The third-order valence-electron chi connectivity index (χ3n) is 4.26. The third-order valence-corrected chi connectivity index (χ3v) is 4.26. The van der Waals surface area contributed by atoms with Gasteiger partial charge >= 0.3 is 0 Å². The second-order valence-corrected chi connectivity index (χ2v) is 4.93. The van der Waals surface area contributed by atoms with E-state index in [0.717, 1.165) is 19.0 Å². The predicted octanol–water partition coefficient (Wildman–Crippen LogP) is 2.73. The number of rotatable bonds is 1. The van der Waals surface area contributed by atoms with Gasteiger partial charge in [-0.3, -0.25) is 0 Å². The molecule has 90 valence electrons. The Morgan fingerprint density at radius 2 is 2.12 bits per heavy atom. The molecule has 1 aromatic heterocycles. The fourth-order valence-electron chi connectivity index (χ4n) is 3.45. The summed E-state index contributed by atoms with van der Waals surface area (Å²) in [6.07, 6.45) is 10.0. The molecule has 0 amide bonds. The molecule has 0 bridgehead atoms. The minimum Gasteiger partial charge on any atom is -0.449 e. The van der Waals surface area contributed by atoms with Gasteiger partial charge in [0.05, 0.1) is 6.20 Å². The van der Waals surface area contributed by atoms with Crippen molar-refractivity contribution in [1.29, 1.82) is 0 Å². The van der Waals surface area contributed by atoms with Crippen LogP contribution in [0.5, 0.6) is 0 Å². The van der Waals surface area contributed by atoms with Crippen LogP contribution >= 0.6 is 12.4 Å². The number of hydrogen-bond donors (Lipinski definition) is 1. The van der Waals surface area contributed by atoms with E-state index in [1.165, 1.54) is 32.1 Å². The first-order valence-corrected chi connectivity index (χ1v) is 6.01. The van der Waals surface area contributed by atoms with Crippen molar-refractivity contribution in [2.24, 2.45) is 5.41 Å². The maximum atomic E-state index is 5.51. The Morgan fingerprint density at radius 1 is 1.31 bits per heavy atom. The van der Waals surface area contributed by atoms with Crippen LogP contribution in [0.25, 0.3) is 0 Å². The Balaban J connectivity index is 0.000000963. The van der Waals surface area contributed by atoms with Crippen molar-refractivity contribution in [2.75, 3.05) is 13.1 Å². The molecule has 1 aromatic rings. The minimum atomic E-state index is 0. The zero-order valence-electron chi connectivity index (χ0n) is 9.45. The highest BCUT2D eigenvalue weighted by Crippen LogP contribution is 2.53. The number of oxazole rings is 1. The van der Waals surface area contributed by atoms with Gasteiger partial charge in [0.1, 0.15) is 6.26 Å². The molecule has 1 atom stereocenters. The summed E-state index contributed by atoms with van der Waals surface area (Å²) < 4.78 is 5.51. The normalized spacial score (nSPS) is 27.9. The molecule has 2 aliphatic rings. The van der Waals surface area contributed by atoms with Crippen LogP contribution < -0.4 is 5.32 Å². The summed E-state index contributed by atoms with van der Waals surface area (Å²) in [7, 11) is 0. The third kappa shape index (κ3) is 1.87. The summed E-state index contributed by atoms with van der Waals surface area (Å²) >= 11 is 0. The van der Waals surface area contributed by atoms with E-state index in [-0.39, 0.29) is 12.4 Å². The van der Waals surface area contributed by atoms with Gasteiger partial charge in [0.15, 0.2) is 5.89 Å². The number of nitrogens with one attached hydrogen (secondary N) is 1. The first-order valence-electron chi connectivity index (χ1n) is 6.01. The second kappa shape index (κ2) is 4.76. The second-order valence-electron chi connectivity index (χ2n) is 4.93. The Kier molecular flexibility index (Phi) is 3.55. The van der Waals surface area contributed by atoms with Gasteiger partial charge in [0.25, 0.3) is 0 Å².